The quantitative estimate of drug-likeness (QED) is 0.702. The van der Waals surface area contributed by atoms with E-state index >= 15 is 0 Å². The van der Waals surface area contributed by atoms with Crippen molar-refractivity contribution in [3.05, 3.63) is 29.8 Å². The molecular formula is C15H13F2N2O5S2-. The number of carboxylic acid groups (broad SMARTS) is 1. The lowest BCUT2D eigenvalue weighted by Gasteiger charge is -2.24. The molecule has 26 heavy (non-hydrogen) atoms. The van der Waals surface area contributed by atoms with Gasteiger partial charge in [-0.1, -0.05) is 11.8 Å². The molecule has 0 unspecified atom stereocenters. The number of carboxylic acids is 1. The summed E-state index contributed by atoms with van der Waals surface area (Å²) in [5.41, 5.74) is -0.0880. The summed E-state index contributed by atoms with van der Waals surface area (Å²) in [7, 11) is -3.33. The van der Waals surface area contributed by atoms with Gasteiger partial charge in [-0.2, -0.15) is 4.99 Å². The van der Waals surface area contributed by atoms with Crippen molar-refractivity contribution in [1.29, 1.82) is 0 Å². The lowest BCUT2D eigenvalue weighted by molar-refractivity contribution is -0.305. The molecule has 0 N–H and O–H groups in total. The van der Waals surface area contributed by atoms with Crippen LogP contribution in [0.1, 0.15) is 12.8 Å². The Bertz CT molecular complexity index is 903. The Morgan fingerprint density at radius 1 is 1.27 bits per heavy atom. The molecule has 2 fully saturated rings. The highest BCUT2D eigenvalue weighted by Crippen LogP contribution is 2.41. The second-order valence-electron chi connectivity index (χ2n) is 5.93. The van der Waals surface area contributed by atoms with Gasteiger partial charge in [0.2, 0.25) is 5.91 Å². The molecule has 3 rings (SSSR count). The number of anilines is 1. The van der Waals surface area contributed by atoms with E-state index in [0.717, 1.165) is 23.9 Å². The zero-order valence-electron chi connectivity index (χ0n) is 13.2. The second kappa shape index (κ2) is 6.95. The first kappa shape index (κ1) is 18.8. The predicted molar refractivity (Wildman–Crippen MR) is 89.3 cm³/mol. The molecule has 0 bridgehead atoms. The van der Waals surface area contributed by atoms with E-state index in [1.165, 1.54) is 4.90 Å². The van der Waals surface area contributed by atoms with Crippen LogP contribution in [-0.2, 0) is 19.4 Å². The molecule has 1 amide bonds. The molecule has 140 valence electrons. The Morgan fingerprint density at radius 2 is 2.00 bits per heavy atom. The maximum Gasteiger partial charge on any atom is 0.248 e. The average molecular weight is 403 g/mol. The Kier molecular flexibility index (Phi) is 5.02. The van der Waals surface area contributed by atoms with Gasteiger partial charge in [-0.25, -0.2) is 17.2 Å². The van der Waals surface area contributed by atoms with Gasteiger partial charge in [0.05, 0.1) is 23.2 Å². The number of amidine groups is 1. The third kappa shape index (κ3) is 3.88. The summed E-state index contributed by atoms with van der Waals surface area (Å²) in [4.78, 5) is 27.4. The van der Waals surface area contributed by atoms with Crippen LogP contribution in [0.5, 0.6) is 0 Å². The summed E-state index contributed by atoms with van der Waals surface area (Å²) >= 11 is 1.01. The van der Waals surface area contributed by atoms with Crippen LogP contribution in [-0.4, -0.2) is 48.3 Å². The van der Waals surface area contributed by atoms with E-state index in [1.54, 1.807) is 0 Å². The van der Waals surface area contributed by atoms with E-state index in [-0.39, 0.29) is 28.8 Å². The SMILES string of the molecule is O=C([O-])CCC(=O)N=C1S[C@H]2CS(=O)(=O)C[C@H]2N1c1ccc(F)cc1F. The van der Waals surface area contributed by atoms with E-state index in [9.17, 15) is 31.9 Å². The van der Waals surface area contributed by atoms with Crippen LogP contribution < -0.4 is 10.0 Å². The molecule has 2 atom stereocenters. The Balaban J connectivity index is 1.96. The minimum Gasteiger partial charge on any atom is -0.550 e. The van der Waals surface area contributed by atoms with Crippen molar-refractivity contribution in [3.8, 4) is 0 Å². The first-order valence-electron chi connectivity index (χ1n) is 7.59. The molecule has 1 aromatic rings. The molecule has 2 aliphatic heterocycles. The minimum absolute atomic E-state index is 0.0729. The van der Waals surface area contributed by atoms with Gasteiger partial charge in [0.15, 0.2) is 15.0 Å². The summed E-state index contributed by atoms with van der Waals surface area (Å²) in [5, 5.41) is 10.1. The Hall–Kier alpha value is -2.01. The molecule has 1 aromatic carbocycles. The van der Waals surface area contributed by atoms with Crippen LogP contribution in [0.3, 0.4) is 0 Å². The molecule has 0 aliphatic carbocycles. The van der Waals surface area contributed by atoms with Crippen molar-refractivity contribution in [2.24, 2.45) is 4.99 Å². The molecule has 2 aliphatic rings. The number of carbonyl (C=O) groups excluding carboxylic acids is 2. The van der Waals surface area contributed by atoms with Crippen LogP contribution >= 0.6 is 11.8 Å². The number of hydrogen-bond acceptors (Lipinski definition) is 6. The van der Waals surface area contributed by atoms with Crippen LogP contribution in [0.25, 0.3) is 0 Å². The number of rotatable bonds is 4. The lowest BCUT2D eigenvalue weighted by atomic mass is 10.2. The summed E-state index contributed by atoms with van der Waals surface area (Å²) in [6.07, 6.45) is -0.897. The average Bonchev–Trinajstić information content (AvgIpc) is 2.97. The smallest absolute Gasteiger partial charge is 0.248 e. The third-order valence-electron chi connectivity index (χ3n) is 4.00. The maximum atomic E-state index is 14.3. The van der Waals surface area contributed by atoms with Gasteiger partial charge in [-0.3, -0.25) is 4.79 Å². The third-order valence-corrected chi connectivity index (χ3v) is 7.21. The number of fused-ring (bicyclic) bond motifs is 1. The number of hydrogen-bond donors (Lipinski definition) is 0. The van der Waals surface area contributed by atoms with E-state index in [1.807, 2.05) is 0 Å². The zero-order valence-corrected chi connectivity index (χ0v) is 14.9. The molecule has 7 nitrogen and oxygen atoms in total. The van der Waals surface area contributed by atoms with Crippen molar-refractivity contribution >= 4 is 44.3 Å². The number of aliphatic carboxylic acids is 1. The van der Waals surface area contributed by atoms with Gasteiger partial charge in [0, 0.05) is 23.7 Å². The number of nitrogens with zero attached hydrogens (tertiary/aromatic N) is 2. The molecule has 0 saturated carbocycles. The van der Waals surface area contributed by atoms with E-state index < -0.39 is 51.1 Å². The molecule has 0 spiro atoms. The summed E-state index contributed by atoms with van der Waals surface area (Å²) in [6, 6.07) is 2.19. The maximum absolute atomic E-state index is 14.3. The fourth-order valence-electron chi connectivity index (χ4n) is 2.89. The fourth-order valence-corrected chi connectivity index (χ4v) is 6.82. The summed E-state index contributed by atoms with van der Waals surface area (Å²) in [5.74, 6) is -4.24. The van der Waals surface area contributed by atoms with Crippen LogP contribution in [0.15, 0.2) is 23.2 Å². The van der Waals surface area contributed by atoms with Crippen molar-refractivity contribution in [3.63, 3.8) is 0 Å². The number of aliphatic imine (C=N–C) groups is 1. The van der Waals surface area contributed by atoms with Gasteiger partial charge in [-0.05, 0) is 18.6 Å². The number of thioether (sulfide) groups is 1. The number of benzene rings is 1. The molecule has 0 radical (unpaired) electrons. The highest BCUT2D eigenvalue weighted by molar-refractivity contribution is 8.16. The van der Waals surface area contributed by atoms with Crippen molar-refractivity contribution in [2.45, 2.75) is 24.1 Å². The van der Waals surface area contributed by atoms with E-state index in [2.05, 4.69) is 4.99 Å². The highest BCUT2D eigenvalue weighted by Gasteiger charge is 2.50. The number of sulfone groups is 1. The van der Waals surface area contributed by atoms with Crippen LogP contribution in [0, 0.1) is 11.6 Å². The topological polar surface area (TPSA) is 107 Å². The number of amides is 1. The molecule has 0 aromatic heterocycles. The van der Waals surface area contributed by atoms with Crippen LogP contribution in [0.2, 0.25) is 0 Å². The molecular weight excluding hydrogens is 390 g/mol. The van der Waals surface area contributed by atoms with E-state index in [4.69, 9.17) is 0 Å². The normalized spacial score (nSPS) is 25.5. The largest absolute Gasteiger partial charge is 0.550 e. The van der Waals surface area contributed by atoms with Crippen molar-refractivity contribution in [1.82, 2.24) is 0 Å². The van der Waals surface area contributed by atoms with Gasteiger partial charge >= 0.3 is 0 Å². The van der Waals surface area contributed by atoms with Gasteiger partial charge in [-0.15, -0.1) is 0 Å². The van der Waals surface area contributed by atoms with Crippen molar-refractivity contribution in [2.75, 3.05) is 16.4 Å². The van der Waals surface area contributed by atoms with Crippen LogP contribution in [0.4, 0.5) is 14.5 Å². The monoisotopic (exact) mass is 403 g/mol. The Labute approximate surface area is 152 Å². The van der Waals surface area contributed by atoms with Gasteiger partial charge in [0.25, 0.3) is 0 Å². The zero-order chi connectivity index (χ0) is 19.1. The van der Waals surface area contributed by atoms with Gasteiger partial charge < -0.3 is 14.8 Å². The minimum atomic E-state index is -3.33. The van der Waals surface area contributed by atoms with Crippen molar-refractivity contribution < 1.29 is 31.9 Å². The Morgan fingerprint density at radius 3 is 2.65 bits per heavy atom. The number of carbonyl (C=O) groups is 2. The van der Waals surface area contributed by atoms with Gasteiger partial charge in [0.1, 0.15) is 11.6 Å². The second-order valence-corrected chi connectivity index (χ2v) is 9.29. The standard InChI is InChI=1S/C15H14F2N2O5S2/c16-8-1-2-10(9(17)5-8)19-11-6-26(23,24)7-12(11)25-15(19)18-13(20)3-4-14(21)22/h1-2,5,11-12H,3-4,6-7H2,(H,21,22)/p-1/t11-,12+/m1/s1. The summed E-state index contributed by atoms with van der Waals surface area (Å²) in [6.45, 7) is 0. The molecule has 2 saturated heterocycles. The van der Waals surface area contributed by atoms with E-state index in [0.29, 0.717) is 6.07 Å². The number of halogens is 2. The first-order valence-corrected chi connectivity index (χ1v) is 10.3. The first-order chi connectivity index (χ1) is 12.2. The predicted octanol–water partition coefficient (Wildman–Crippen LogP) is 0.0963. The highest BCUT2D eigenvalue weighted by atomic mass is 32.2. The molecule has 11 heteroatoms. The molecule has 2 heterocycles. The lowest BCUT2D eigenvalue weighted by Crippen LogP contribution is -2.38. The summed E-state index contributed by atoms with van der Waals surface area (Å²) < 4.78 is 51.2. The fraction of sp³-hybridized carbons (Fsp3) is 0.400.